The molecule has 0 bridgehead atoms. The minimum absolute atomic E-state index is 0.0374. The fourth-order valence-corrected chi connectivity index (χ4v) is 3.27. The molecule has 138 valence electrons. The Morgan fingerprint density at radius 3 is 2.81 bits per heavy atom. The number of carbonyl (C=O) groups excluding carboxylic acids is 1. The molecule has 1 amide bonds. The van der Waals surface area contributed by atoms with E-state index >= 15 is 0 Å². The molecule has 1 aromatic carbocycles. The van der Waals surface area contributed by atoms with Crippen LogP contribution in [-0.4, -0.2) is 29.1 Å². The van der Waals surface area contributed by atoms with Crippen molar-refractivity contribution >= 4 is 23.1 Å². The summed E-state index contributed by atoms with van der Waals surface area (Å²) in [4.78, 5) is 16.4. The van der Waals surface area contributed by atoms with Crippen molar-refractivity contribution in [2.45, 2.75) is 6.42 Å². The standard InChI is InChI=1S/C21H21N3O2S/c1-2-8-23-21(26)6-9-22-20-13-17(16-7-10-27-14-16)12-19(24-20)15-4-3-5-18(25)11-15/h2-5,7,10-14,25H,1,6,8-9H2,(H,22,24)(H,23,26). The van der Waals surface area contributed by atoms with Gasteiger partial charge in [0, 0.05) is 25.1 Å². The predicted octanol–water partition coefficient (Wildman–Crippen LogP) is 4.29. The minimum atomic E-state index is -0.0374. The maximum absolute atomic E-state index is 11.7. The van der Waals surface area contributed by atoms with Gasteiger partial charge in [0.1, 0.15) is 11.6 Å². The van der Waals surface area contributed by atoms with E-state index in [2.05, 4.69) is 33.6 Å². The third-order valence-corrected chi connectivity index (χ3v) is 4.61. The summed E-state index contributed by atoms with van der Waals surface area (Å²) >= 11 is 1.63. The van der Waals surface area contributed by atoms with Crippen LogP contribution in [0.5, 0.6) is 5.75 Å². The van der Waals surface area contributed by atoms with Crippen LogP contribution in [0.1, 0.15) is 6.42 Å². The predicted molar refractivity (Wildman–Crippen MR) is 111 cm³/mol. The molecular formula is C21H21N3O2S. The van der Waals surface area contributed by atoms with Gasteiger partial charge in [-0.1, -0.05) is 18.2 Å². The first kappa shape index (κ1) is 18.7. The number of pyridine rings is 1. The van der Waals surface area contributed by atoms with Gasteiger partial charge in [0.2, 0.25) is 5.91 Å². The quantitative estimate of drug-likeness (QED) is 0.511. The van der Waals surface area contributed by atoms with Crippen molar-refractivity contribution in [2.24, 2.45) is 0 Å². The number of hydrogen-bond acceptors (Lipinski definition) is 5. The Balaban J connectivity index is 1.82. The van der Waals surface area contributed by atoms with Crippen LogP contribution in [0.3, 0.4) is 0 Å². The summed E-state index contributed by atoms with van der Waals surface area (Å²) in [5.41, 5.74) is 3.73. The number of thiophene rings is 1. The van der Waals surface area contributed by atoms with Gasteiger partial charge >= 0.3 is 0 Å². The topological polar surface area (TPSA) is 74.2 Å². The first-order chi connectivity index (χ1) is 13.2. The van der Waals surface area contributed by atoms with E-state index in [1.165, 1.54) is 0 Å². The summed E-state index contributed by atoms with van der Waals surface area (Å²) in [5.74, 6) is 0.849. The Bertz CT molecular complexity index is 923. The van der Waals surface area contributed by atoms with Crippen molar-refractivity contribution in [1.29, 1.82) is 0 Å². The molecule has 2 heterocycles. The summed E-state index contributed by atoms with van der Waals surface area (Å²) in [5, 5.41) is 19.9. The Morgan fingerprint density at radius 2 is 2.07 bits per heavy atom. The van der Waals surface area contributed by atoms with Crippen LogP contribution in [-0.2, 0) is 4.79 Å². The third-order valence-electron chi connectivity index (χ3n) is 3.92. The molecule has 0 radical (unpaired) electrons. The van der Waals surface area contributed by atoms with Gasteiger partial charge in [0.15, 0.2) is 0 Å². The highest BCUT2D eigenvalue weighted by molar-refractivity contribution is 7.08. The number of anilines is 1. The number of phenols is 1. The second kappa shape index (κ2) is 9.00. The van der Waals surface area contributed by atoms with Crippen LogP contribution in [0.15, 0.2) is 65.9 Å². The Labute approximate surface area is 162 Å². The zero-order valence-corrected chi connectivity index (χ0v) is 15.6. The molecule has 0 spiro atoms. The average Bonchev–Trinajstić information content (AvgIpc) is 3.21. The highest BCUT2D eigenvalue weighted by atomic mass is 32.1. The fourth-order valence-electron chi connectivity index (χ4n) is 2.61. The molecule has 0 aliphatic carbocycles. The van der Waals surface area contributed by atoms with Crippen molar-refractivity contribution in [3.8, 4) is 28.1 Å². The maximum atomic E-state index is 11.7. The lowest BCUT2D eigenvalue weighted by Gasteiger charge is -2.11. The average molecular weight is 379 g/mol. The molecule has 2 aromatic heterocycles. The zero-order valence-electron chi connectivity index (χ0n) is 14.8. The van der Waals surface area contributed by atoms with Crippen LogP contribution in [0.25, 0.3) is 22.4 Å². The summed E-state index contributed by atoms with van der Waals surface area (Å²) < 4.78 is 0. The van der Waals surface area contributed by atoms with Gasteiger partial charge in [-0.25, -0.2) is 4.98 Å². The van der Waals surface area contributed by atoms with Crippen LogP contribution >= 0.6 is 11.3 Å². The van der Waals surface area contributed by atoms with Crippen molar-refractivity contribution in [2.75, 3.05) is 18.4 Å². The smallest absolute Gasteiger partial charge is 0.222 e. The second-order valence-corrected chi connectivity index (χ2v) is 6.74. The number of phenolic OH excluding ortho intramolecular Hbond substituents is 1. The van der Waals surface area contributed by atoms with Gasteiger partial charge in [-0.3, -0.25) is 4.79 Å². The van der Waals surface area contributed by atoms with E-state index in [-0.39, 0.29) is 11.7 Å². The maximum Gasteiger partial charge on any atom is 0.222 e. The third kappa shape index (κ3) is 5.18. The van der Waals surface area contributed by atoms with E-state index in [1.54, 1.807) is 35.6 Å². The molecule has 5 nitrogen and oxygen atoms in total. The Hall–Kier alpha value is -3.12. The number of rotatable bonds is 8. The van der Waals surface area contributed by atoms with Crippen molar-refractivity contribution in [3.05, 3.63) is 65.9 Å². The SMILES string of the molecule is C=CCNC(=O)CCNc1cc(-c2ccsc2)cc(-c2cccc(O)c2)n1. The molecule has 27 heavy (non-hydrogen) atoms. The Kier molecular flexibility index (Phi) is 6.22. The molecule has 0 saturated carbocycles. The molecule has 3 rings (SSSR count). The summed E-state index contributed by atoms with van der Waals surface area (Å²) in [6.45, 7) is 4.52. The van der Waals surface area contributed by atoms with Crippen LogP contribution in [0.2, 0.25) is 0 Å². The fraction of sp³-hybridized carbons (Fsp3) is 0.143. The summed E-state index contributed by atoms with van der Waals surface area (Å²) in [6, 6.07) is 13.0. The van der Waals surface area contributed by atoms with Gasteiger partial charge < -0.3 is 15.7 Å². The minimum Gasteiger partial charge on any atom is -0.508 e. The van der Waals surface area contributed by atoms with Gasteiger partial charge in [-0.2, -0.15) is 11.3 Å². The number of aromatic nitrogens is 1. The first-order valence-corrected chi connectivity index (χ1v) is 9.55. The summed E-state index contributed by atoms with van der Waals surface area (Å²) in [7, 11) is 0. The molecule has 0 saturated heterocycles. The number of hydrogen-bond donors (Lipinski definition) is 3. The lowest BCUT2D eigenvalue weighted by atomic mass is 10.1. The molecule has 0 unspecified atom stereocenters. The van der Waals surface area contributed by atoms with Crippen molar-refractivity contribution in [3.63, 3.8) is 0 Å². The lowest BCUT2D eigenvalue weighted by Crippen LogP contribution is -2.25. The number of aromatic hydroxyl groups is 1. The molecule has 0 atom stereocenters. The number of benzene rings is 1. The van der Waals surface area contributed by atoms with Gasteiger partial charge in [-0.05, 0) is 52.2 Å². The molecule has 6 heteroatoms. The molecular weight excluding hydrogens is 358 g/mol. The van der Waals surface area contributed by atoms with Gasteiger partial charge in [0.05, 0.1) is 5.69 Å². The van der Waals surface area contributed by atoms with Gasteiger partial charge in [-0.15, -0.1) is 6.58 Å². The van der Waals surface area contributed by atoms with Crippen LogP contribution in [0, 0.1) is 0 Å². The van der Waals surface area contributed by atoms with E-state index in [0.29, 0.717) is 25.3 Å². The molecule has 3 N–H and O–H groups in total. The number of amides is 1. The summed E-state index contributed by atoms with van der Waals surface area (Å²) in [6.07, 6.45) is 2.00. The van der Waals surface area contributed by atoms with Crippen LogP contribution in [0.4, 0.5) is 5.82 Å². The normalized spacial score (nSPS) is 10.4. The first-order valence-electron chi connectivity index (χ1n) is 8.61. The van der Waals surface area contributed by atoms with E-state index in [4.69, 9.17) is 0 Å². The second-order valence-electron chi connectivity index (χ2n) is 5.96. The number of nitrogens with zero attached hydrogens (tertiary/aromatic N) is 1. The van der Waals surface area contributed by atoms with E-state index < -0.39 is 0 Å². The highest BCUT2D eigenvalue weighted by Gasteiger charge is 2.09. The molecule has 0 fully saturated rings. The zero-order chi connectivity index (χ0) is 19.1. The van der Waals surface area contributed by atoms with Crippen molar-refractivity contribution < 1.29 is 9.90 Å². The molecule has 3 aromatic rings. The largest absolute Gasteiger partial charge is 0.508 e. The molecule has 0 aliphatic heterocycles. The van der Waals surface area contributed by atoms with E-state index in [1.807, 2.05) is 23.6 Å². The molecule has 0 aliphatic rings. The number of carbonyl (C=O) groups is 1. The van der Waals surface area contributed by atoms with E-state index in [9.17, 15) is 9.90 Å². The number of nitrogens with one attached hydrogen (secondary N) is 2. The van der Waals surface area contributed by atoms with Crippen molar-refractivity contribution in [1.82, 2.24) is 10.3 Å². The van der Waals surface area contributed by atoms with Crippen LogP contribution < -0.4 is 10.6 Å². The van der Waals surface area contributed by atoms with E-state index in [0.717, 1.165) is 22.4 Å². The monoisotopic (exact) mass is 379 g/mol. The lowest BCUT2D eigenvalue weighted by molar-refractivity contribution is -0.120. The Morgan fingerprint density at radius 1 is 1.19 bits per heavy atom. The van der Waals surface area contributed by atoms with Gasteiger partial charge in [0.25, 0.3) is 0 Å². The highest BCUT2D eigenvalue weighted by Crippen LogP contribution is 2.30.